The van der Waals surface area contributed by atoms with E-state index in [4.69, 9.17) is 14.3 Å². The van der Waals surface area contributed by atoms with Crippen LogP contribution < -0.4 is 15.2 Å². The number of methoxy groups -OCH3 is 1. The van der Waals surface area contributed by atoms with Gasteiger partial charge in [0.2, 0.25) is 15.8 Å². The summed E-state index contributed by atoms with van der Waals surface area (Å²) >= 11 is 0. The summed E-state index contributed by atoms with van der Waals surface area (Å²) in [6.45, 7) is 3.77. The van der Waals surface area contributed by atoms with E-state index in [2.05, 4.69) is 10.3 Å². The minimum atomic E-state index is -3.94. The Kier molecular flexibility index (Phi) is 6.72. The summed E-state index contributed by atoms with van der Waals surface area (Å²) in [4.78, 5) is 17.3. The van der Waals surface area contributed by atoms with Crippen LogP contribution in [0.2, 0.25) is 0 Å². The number of primary sulfonamides is 1. The number of aryl methyl sites for hydroxylation is 1. The number of benzene rings is 2. The highest BCUT2D eigenvalue weighted by Gasteiger charge is 2.22. The Labute approximate surface area is 203 Å². The number of ketones is 1. The van der Waals surface area contributed by atoms with Crippen LogP contribution in [0.5, 0.6) is 5.75 Å². The van der Waals surface area contributed by atoms with Gasteiger partial charge in [-0.15, -0.1) is 0 Å². The molecule has 0 aliphatic carbocycles. The number of carbonyl (C=O) groups is 1. The molecule has 2 heterocycles. The Morgan fingerprint density at radius 3 is 2.46 bits per heavy atom. The number of rotatable bonds is 8. The van der Waals surface area contributed by atoms with Crippen LogP contribution in [-0.2, 0) is 16.6 Å². The van der Waals surface area contributed by atoms with Gasteiger partial charge in [0, 0.05) is 28.9 Å². The molecular weight excluding hydrogens is 466 g/mol. The maximum absolute atomic E-state index is 13.0. The number of carbonyl (C=O) groups excluding carboxylic acids is 1. The lowest BCUT2D eigenvalue weighted by Crippen LogP contribution is -2.15. The first-order valence-electron chi connectivity index (χ1n) is 10.8. The van der Waals surface area contributed by atoms with Gasteiger partial charge in [0.25, 0.3) is 0 Å². The van der Waals surface area contributed by atoms with E-state index in [9.17, 15) is 13.2 Å². The SMILES string of the molecule is COc1ccc(-c2ccc(NCc3cc(C(=O)c4cccc(S(N)(=O)=O)c4C)oc3C)cc2)nc1. The van der Waals surface area contributed by atoms with E-state index in [1.165, 1.54) is 12.1 Å². The Morgan fingerprint density at radius 2 is 1.83 bits per heavy atom. The lowest BCUT2D eigenvalue weighted by molar-refractivity contribution is 0.101. The fourth-order valence-electron chi connectivity index (χ4n) is 3.74. The minimum absolute atomic E-state index is 0.0817. The molecule has 2 aromatic heterocycles. The number of sulfonamides is 1. The highest BCUT2D eigenvalue weighted by atomic mass is 32.2. The van der Waals surface area contributed by atoms with Crippen LogP contribution in [-0.4, -0.2) is 26.3 Å². The number of nitrogens with two attached hydrogens (primary N) is 1. The van der Waals surface area contributed by atoms with Crippen molar-refractivity contribution < 1.29 is 22.4 Å². The van der Waals surface area contributed by atoms with Crippen molar-refractivity contribution in [2.75, 3.05) is 12.4 Å². The number of anilines is 1. The molecule has 0 bridgehead atoms. The highest BCUT2D eigenvalue weighted by molar-refractivity contribution is 7.89. The first-order chi connectivity index (χ1) is 16.7. The van der Waals surface area contributed by atoms with E-state index < -0.39 is 15.8 Å². The minimum Gasteiger partial charge on any atom is -0.495 e. The second-order valence-electron chi connectivity index (χ2n) is 8.01. The van der Waals surface area contributed by atoms with Gasteiger partial charge < -0.3 is 14.5 Å². The van der Waals surface area contributed by atoms with Crippen LogP contribution in [0, 0.1) is 13.8 Å². The Morgan fingerprint density at radius 1 is 1.09 bits per heavy atom. The number of hydrogen-bond acceptors (Lipinski definition) is 7. The quantitative estimate of drug-likeness (QED) is 0.349. The molecule has 9 heteroatoms. The topological polar surface area (TPSA) is 125 Å². The molecule has 0 saturated carbocycles. The van der Waals surface area contributed by atoms with E-state index in [0.29, 0.717) is 23.6 Å². The van der Waals surface area contributed by atoms with E-state index in [1.807, 2.05) is 36.4 Å². The average Bonchev–Trinajstić information content (AvgIpc) is 3.22. The van der Waals surface area contributed by atoms with Crippen molar-refractivity contribution in [3.05, 3.63) is 95.1 Å². The predicted molar refractivity (Wildman–Crippen MR) is 133 cm³/mol. The second-order valence-corrected chi connectivity index (χ2v) is 9.54. The number of furan rings is 1. The molecule has 0 atom stereocenters. The Hall–Kier alpha value is -3.95. The predicted octanol–water partition coefficient (Wildman–Crippen LogP) is 4.46. The van der Waals surface area contributed by atoms with Gasteiger partial charge in [0.15, 0.2) is 5.76 Å². The van der Waals surface area contributed by atoms with E-state index >= 15 is 0 Å². The molecule has 0 radical (unpaired) electrons. The molecule has 0 spiro atoms. The third-order valence-electron chi connectivity index (χ3n) is 5.72. The number of nitrogens with one attached hydrogen (secondary N) is 1. The van der Waals surface area contributed by atoms with Crippen LogP contribution in [0.25, 0.3) is 11.3 Å². The largest absolute Gasteiger partial charge is 0.495 e. The lowest BCUT2D eigenvalue weighted by atomic mass is 10.0. The summed E-state index contributed by atoms with van der Waals surface area (Å²) in [6.07, 6.45) is 1.68. The summed E-state index contributed by atoms with van der Waals surface area (Å²) in [5.41, 5.74) is 4.05. The van der Waals surface area contributed by atoms with Crippen molar-refractivity contribution >= 4 is 21.5 Å². The average molecular weight is 492 g/mol. The smallest absolute Gasteiger partial charge is 0.238 e. The molecule has 180 valence electrons. The zero-order chi connectivity index (χ0) is 25.2. The molecule has 0 aliphatic heterocycles. The standard InChI is InChI=1S/C26H25N3O5S/c1-16-22(5-4-6-25(16)35(27,31)32)26(30)24-13-19(17(2)34-24)14-28-20-9-7-18(8-10-20)23-12-11-21(33-3)15-29-23/h4-13,15,28H,14H2,1-3H3,(H2,27,31,32). The van der Waals surface area contributed by atoms with Crippen molar-refractivity contribution in [3.8, 4) is 17.0 Å². The fraction of sp³-hybridized carbons (Fsp3) is 0.154. The molecular formula is C26H25N3O5S. The van der Waals surface area contributed by atoms with Crippen LogP contribution in [0.1, 0.15) is 33.0 Å². The van der Waals surface area contributed by atoms with Crippen molar-refractivity contribution in [3.63, 3.8) is 0 Å². The highest BCUT2D eigenvalue weighted by Crippen LogP contribution is 2.25. The van der Waals surface area contributed by atoms with Crippen LogP contribution in [0.15, 0.2) is 76.2 Å². The summed E-state index contributed by atoms with van der Waals surface area (Å²) in [6, 6.07) is 17.7. The Balaban J connectivity index is 1.47. The van der Waals surface area contributed by atoms with Gasteiger partial charge in [-0.05, 0) is 55.8 Å². The summed E-state index contributed by atoms with van der Waals surface area (Å²) < 4.78 is 34.4. The first kappa shape index (κ1) is 24.2. The van der Waals surface area contributed by atoms with Crippen LogP contribution in [0.4, 0.5) is 5.69 Å². The maximum atomic E-state index is 13.0. The first-order valence-corrected chi connectivity index (χ1v) is 12.3. The second kappa shape index (κ2) is 9.73. The summed E-state index contributed by atoms with van der Waals surface area (Å²) in [5.74, 6) is 1.03. The summed E-state index contributed by atoms with van der Waals surface area (Å²) in [5, 5.41) is 8.59. The van der Waals surface area contributed by atoms with Crippen molar-refractivity contribution in [2.24, 2.45) is 5.14 Å². The van der Waals surface area contributed by atoms with E-state index in [-0.39, 0.29) is 16.2 Å². The van der Waals surface area contributed by atoms with Gasteiger partial charge in [-0.3, -0.25) is 9.78 Å². The molecule has 4 rings (SSSR count). The zero-order valence-electron chi connectivity index (χ0n) is 19.5. The van der Waals surface area contributed by atoms with Crippen molar-refractivity contribution in [1.82, 2.24) is 4.98 Å². The molecule has 2 aromatic carbocycles. The third-order valence-corrected chi connectivity index (χ3v) is 6.77. The van der Waals surface area contributed by atoms with E-state index in [0.717, 1.165) is 22.5 Å². The molecule has 8 nitrogen and oxygen atoms in total. The van der Waals surface area contributed by atoms with Gasteiger partial charge in [-0.2, -0.15) is 0 Å². The van der Waals surface area contributed by atoms with Crippen molar-refractivity contribution in [1.29, 1.82) is 0 Å². The molecule has 35 heavy (non-hydrogen) atoms. The number of hydrogen-bond donors (Lipinski definition) is 2. The van der Waals surface area contributed by atoms with Crippen molar-refractivity contribution in [2.45, 2.75) is 25.3 Å². The molecule has 0 fully saturated rings. The normalized spacial score (nSPS) is 11.3. The molecule has 4 aromatic rings. The lowest BCUT2D eigenvalue weighted by Gasteiger charge is -2.08. The molecule has 3 N–H and O–H groups in total. The number of nitrogens with zero attached hydrogens (tertiary/aromatic N) is 1. The fourth-order valence-corrected chi connectivity index (χ4v) is 4.54. The van der Waals surface area contributed by atoms with Gasteiger partial charge in [0.1, 0.15) is 11.5 Å². The monoisotopic (exact) mass is 491 g/mol. The zero-order valence-corrected chi connectivity index (χ0v) is 20.3. The third kappa shape index (κ3) is 5.26. The maximum Gasteiger partial charge on any atom is 0.238 e. The van der Waals surface area contributed by atoms with Gasteiger partial charge in [-0.25, -0.2) is 13.6 Å². The number of pyridine rings is 1. The Bertz CT molecular complexity index is 1470. The van der Waals surface area contributed by atoms with Gasteiger partial charge in [0.05, 0.1) is 23.9 Å². The summed E-state index contributed by atoms with van der Waals surface area (Å²) in [7, 11) is -2.34. The van der Waals surface area contributed by atoms with Gasteiger partial charge in [-0.1, -0.05) is 24.3 Å². The molecule has 0 amide bonds. The van der Waals surface area contributed by atoms with Crippen LogP contribution >= 0.6 is 0 Å². The van der Waals surface area contributed by atoms with Crippen LogP contribution in [0.3, 0.4) is 0 Å². The van der Waals surface area contributed by atoms with Gasteiger partial charge >= 0.3 is 0 Å². The molecule has 0 aliphatic rings. The number of ether oxygens (including phenoxy) is 1. The number of aromatic nitrogens is 1. The van der Waals surface area contributed by atoms with E-state index in [1.54, 1.807) is 39.3 Å². The molecule has 0 saturated heterocycles. The molecule has 0 unspecified atom stereocenters.